The molecule has 0 atom stereocenters. The fraction of sp³-hybridized carbons (Fsp3) is 0.250. The van der Waals surface area contributed by atoms with Gasteiger partial charge in [-0.25, -0.2) is 0 Å². The number of anilines is 1. The molecule has 110 valence electrons. The predicted octanol–water partition coefficient (Wildman–Crippen LogP) is 1.95. The van der Waals surface area contributed by atoms with Crippen LogP contribution >= 0.6 is 0 Å². The van der Waals surface area contributed by atoms with Gasteiger partial charge >= 0.3 is 0 Å². The van der Waals surface area contributed by atoms with Crippen molar-refractivity contribution >= 4 is 25.3 Å². The third kappa shape index (κ3) is 2.91. The van der Waals surface area contributed by atoms with Crippen molar-refractivity contribution in [3.8, 4) is 5.75 Å². The number of phenols is 1. The molecular weight excluding hydrogens is 261 g/mol. The van der Waals surface area contributed by atoms with Gasteiger partial charge in [0.2, 0.25) is 0 Å². The van der Waals surface area contributed by atoms with Gasteiger partial charge in [0.15, 0.2) is 0 Å². The molecule has 0 unspecified atom stereocenters. The lowest BCUT2D eigenvalue weighted by Crippen LogP contribution is -2.09. The number of benzene rings is 1. The highest BCUT2D eigenvalue weighted by atomic mass is 16.3. The zero-order valence-corrected chi connectivity index (χ0v) is 12.8. The maximum absolute atomic E-state index is 9.90. The van der Waals surface area contributed by atoms with Crippen molar-refractivity contribution in [3.05, 3.63) is 47.3 Å². The molecule has 0 fully saturated rings. The molecule has 0 radical (unpaired) electrons. The van der Waals surface area contributed by atoms with Crippen LogP contribution in [-0.4, -0.2) is 17.5 Å². The van der Waals surface area contributed by atoms with E-state index in [1.54, 1.807) is 18.2 Å². The summed E-state index contributed by atoms with van der Waals surface area (Å²) >= 11 is 0. The molecular formula is C16H22BN3O. The Morgan fingerprint density at radius 1 is 1.38 bits per heavy atom. The highest BCUT2D eigenvalue weighted by Gasteiger charge is 2.14. The lowest BCUT2D eigenvalue weighted by atomic mass is 10.0. The Morgan fingerprint density at radius 2 is 2.05 bits per heavy atom. The van der Waals surface area contributed by atoms with Crippen molar-refractivity contribution in [2.45, 2.75) is 26.2 Å². The number of aromatic nitrogens is 1. The summed E-state index contributed by atoms with van der Waals surface area (Å²) in [5, 5.41) is 9.90. The molecule has 0 amide bonds. The van der Waals surface area contributed by atoms with Gasteiger partial charge in [-0.1, -0.05) is 12.1 Å². The van der Waals surface area contributed by atoms with E-state index in [0.717, 1.165) is 12.0 Å². The number of para-hydroxylation sites is 1. The van der Waals surface area contributed by atoms with Gasteiger partial charge in [-0.15, -0.1) is 0 Å². The van der Waals surface area contributed by atoms with Gasteiger partial charge in [-0.3, -0.25) is 0 Å². The Labute approximate surface area is 126 Å². The molecule has 0 saturated carbocycles. The van der Waals surface area contributed by atoms with Gasteiger partial charge in [-0.2, -0.15) is 0 Å². The van der Waals surface area contributed by atoms with Crippen molar-refractivity contribution in [2.24, 2.45) is 5.73 Å². The lowest BCUT2D eigenvalue weighted by molar-refractivity contribution is 0.473. The van der Waals surface area contributed by atoms with Crippen LogP contribution in [0.4, 0.5) is 5.69 Å². The predicted molar refractivity (Wildman–Crippen MR) is 91.6 cm³/mol. The first kappa shape index (κ1) is 15.1. The van der Waals surface area contributed by atoms with E-state index in [9.17, 15) is 5.11 Å². The molecule has 1 aromatic carbocycles. The lowest BCUT2D eigenvalue weighted by Gasteiger charge is -2.16. The highest BCUT2D eigenvalue weighted by Crippen LogP contribution is 2.28. The minimum atomic E-state index is 0.170. The van der Waals surface area contributed by atoms with Gasteiger partial charge in [0.25, 0.3) is 0 Å². The van der Waals surface area contributed by atoms with Crippen molar-refractivity contribution in [1.29, 1.82) is 0 Å². The average Bonchev–Trinajstić information content (AvgIpc) is 2.75. The molecule has 5 N–H and O–H groups in total. The third-order valence-electron chi connectivity index (χ3n) is 3.57. The van der Waals surface area contributed by atoms with Crippen LogP contribution in [0.15, 0.2) is 30.3 Å². The second-order valence-electron chi connectivity index (χ2n) is 5.41. The second kappa shape index (κ2) is 6.00. The van der Waals surface area contributed by atoms with Gasteiger partial charge < -0.3 is 21.1 Å². The monoisotopic (exact) mass is 283 g/mol. The topological polar surface area (TPSA) is 77.2 Å². The SMILES string of the molecule is BCc1cc(N)c(/C=C(\N)c2ccccc2O)n1C(C)C. The number of nitrogens with two attached hydrogens (primary N) is 2. The van der Waals surface area contributed by atoms with Crippen molar-refractivity contribution in [1.82, 2.24) is 4.57 Å². The van der Waals surface area contributed by atoms with E-state index in [1.165, 1.54) is 5.69 Å². The number of rotatable bonds is 4. The van der Waals surface area contributed by atoms with Crippen LogP contribution in [0.25, 0.3) is 11.8 Å². The summed E-state index contributed by atoms with van der Waals surface area (Å²) in [5.74, 6) is 0.170. The maximum Gasteiger partial charge on any atom is 0.124 e. The zero-order valence-electron chi connectivity index (χ0n) is 12.8. The van der Waals surface area contributed by atoms with E-state index < -0.39 is 0 Å². The summed E-state index contributed by atoms with van der Waals surface area (Å²) < 4.78 is 2.18. The Kier molecular flexibility index (Phi) is 4.31. The van der Waals surface area contributed by atoms with Crippen LogP contribution in [0.1, 0.15) is 36.8 Å². The van der Waals surface area contributed by atoms with Gasteiger partial charge in [-0.05, 0) is 44.4 Å². The Morgan fingerprint density at radius 3 is 2.62 bits per heavy atom. The second-order valence-corrected chi connectivity index (χ2v) is 5.41. The number of hydrogen-bond donors (Lipinski definition) is 3. The van der Waals surface area contributed by atoms with Crippen LogP contribution in [0.3, 0.4) is 0 Å². The quantitative estimate of drug-likeness (QED) is 0.750. The van der Waals surface area contributed by atoms with Crippen molar-refractivity contribution < 1.29 is 5.11 Å². The molecule has 0 spiro atoms. The van der Waals surface area contributed by atoms with Gasteiger partial charge in [0.1, 0.15) is 13.6 Å². The van der Waals surface area contributed by atoms with E-state index >= 15 is 0 Å². The molecule has 0 saturated heterocycles. The molecule has 0 aliphatic carbocycles. The van der Waals surface area contributed by atoms with Crippen LogP contribution < -0.4 is 11.5 Å². The highest BCUT2D eigenvalue weighted by molar-refractivity contribution is 6.08. The summed E-state index contributed by atoms with van der Waals surface area (Å²) in [6.07, 6.45) is 2.75. The molecule has 2 aromatic rings. The van der Waals surface area contributed by atoms with E-state index in [-0.39, 0.29) is 5.75 Å². The Hall–Kier alpha value is -2.30. The average molecular weight is 283 g/mol. The standard InChI is InChI=1S/C16H22BN3O/c1-10(2)20-11(9-17)7-14(19)15(20)8-13(18)12-5-3-4-6-16(12)21/h3-8,10,21H,9,17-19H2,1-2H3/b13-8-. The minimum absolute atomic E-state index is 0.170. The number of phenolic OH excluding ortho intramolecular Hbond substituents is 1. The minimum Gasteiger partial charge on any atom is -0.507 e. The molecule has 4 nitrogen and oxygen atoms in total. The van der Waals surface area contributed by atoms with E-state index in [4.69, 9.17) is 11.5 Å². The normalized spacial score (nSPS) is 12.0. The van der Waals surface area contributed by atoms with E-state index in [2.05, 4.69) is 26.3 Å². The Bertz CT molecular complexity index is 674. The molecule has 2 rings (SSSR count). The molecule has 0 aliphatic rings. The summed E-state index contributed by atoms with van der Waals surface area (Å²) in [5.41, 5.74) is 16.2. The summed E-state index contributed by atoms with van der Waals surface area (Å²) in [6, 6.07) is 9.31. The number of nitrogen functional groups attached to an aromatic ring is 1. The summed E-state index contributed by atoms with van der Waals surface area (Å²) in [6.45, 7) is 4.23. The largest absolute Gasteiger partial charge is 0.507 e. The molecule has 5 heteroatoms. The van der Waals surface area contributed by atoms with Crippen molar-refractivity contribution in [3.63, 3.8) is 0 Å². The molecule has 1 heterocycles. The summed E-state index contributed by atoms with van der Waals surface area (Å²) in [7, 11) is 2.10. The first-order valence-electron chi connectivity index (χ1n) is 7.20. The van der Waals surface area contributed by atoms with Gasteiger partial charge in [0, 0.05) is 23.0 Å². The molecule has 0 aliphatic heterocycles. The first-order chi connectivity index (χ1) is 9.95. The van der Waals surface area contributed by atoms with Crippen LogP contribution in [0, 0.1) is 0 Å². The number of nitrogens with zero attached hydrogens (tertiary/aromatic N) is 1. The van der Waals surface area contributed by atoms with Crippen LogP contribution in [0.2, 0.25) is 0 Å². The Balaban J connectivity index is 2.55. The first-order valence-corrected chi connectivity index (χ1v) is 7.20. The number of aromatic hydroxyl groups is 1. The smallest absolute Gasteiger partial charge is 0.124 e. The third-order valence-corrected chi connectivity index (χ3v) is 3.57. The fourth-order valence-electron chi connectivity index (χ4n) is 2.59. The molecule has 0 bridgehead atoms. The summed E-state index contributed by atoms with van der Waals surface area (Å²) in [4.78, 5) is 0. The molecule has 1 aromatic heterocycles. The maximum atomic E-state index is 9.90. The van der Waals surface area contributed by atoms with E-state index in [0.29, 0.717) is 23.0 Å². The zero-order chi connectivity index (χ0) is 15.6. The molecule has 21 heavy (non-hydrogen) atoms. The van der Waals surface area contributed by atoms with Crippen molar-refractivity contribution in [2.75, 3.05) is 5.73 Å². The van der Waals surface area contributed by atoms with Crippen LogP contribution in [-0.2, 0) is 6.32 Å². The fourth-order valence-corrected chi connectivity index (χ4v) is 2.59. The van der Waals surface area contributed by atoms with E-state index in [1.807, 2.05) is 18.2 Å². The van der Waals surface area contributed by atoms with Crippen LogP contribution in [0.5, 0.6) is 5.75 Å². The number of hydrogen-bond acceptors (Lipinski definition) is 3. The van der Waals surface area contributed by atoms with Gasteiger partial charge in [0.05, 0.1) is 11.4 Å².